The van der Waals surface area contributed by atoms with Gasteiger partial charge in [-0.2, -0.15) is 0 Å². The highest BCUT2D eigenvalue weighted by Gasteiger charge is 2.18. The Morgan fingerprint density at radius 3 is 2.89 bits per heavy atom. The molecular weight excluding hydrogens is 246 g/mol. The maximum absolute atomic E-state index is 5.99. The highest BCUT2D eigenvalue weighted by atomic mass is 35.5. The van der Waals surface area contributed by atoms with Crippen molar-refractivity contribution in [1.82, 2.24) is 4.98 Å². The molecule has 4 heteroatoms. The summed E-state index contributed by atoms with van der Waals surface area (Å²) in [6.07, 6.45) is 2.65. The Morgan fingerprint density at radius 2 is 2.11 bits per heavy atom. The number of hydrogen-bond acceptors (Lipinski definition) is 3. The van der Waals surface area contributed by atoms with Crippen LogP contribution in [0.15, 0.2) is 36.5 Å². The van der Waals surface area contributed by atoms with Crippen LogP contribution in [0.25, 0.3) is 0 Å². The number of rotatable bonds is 1. The maximum atomic E-state index is 5.99. The van der Waals surface area contributed by atoms with E-state index in [-0.39, 0.29) is 0 Å². The molecule has 0 atom stereocenters. The van der Waals surface area contributed by atoms with Crippen molar-refractivity contribution in [2.24, 2.45) is 0 Å². The third-order valence-corrected chi connectivity index (χ3v) is 3.56. The van der Waals surface area contributed by atoms with Crippen LogP contribution in [0.1, 0.15) is 11.1 Å². The lowest BCUT2D eigenvalue weighted by Gasteiger charge is -2.30. The first-order valence-electron chi connectivity index (χ1n) is 5.97. The number of halogens is 1. The van der Waals surface area contributed by atoms with E-state index in [0.717, 1.165) is 31.0 Å². The Balaban J connectivity index is 1.89. The average Bonchev–Trinajstić information content (AvgIpc) is 2.39. The van der Waals surface area contributed by atoms with Crippen LogP contribution in [0, 0.1) is 0 Å². The molecule has 0 amide bonds. The number of nitrogen functional groups attached to an aromatic ring is 1. The summed E-state index contributed by atoms with van der Waals surface area (Å²) in [6.45, 7) is 1.80. The molecular formula is C14H14ClN3. The first-order chi connectivity index (χ1) is 8.74. The molecule has 0 saturated carbocycles. The molecule has 3 rings (SSSR count). The largest absolute Gasteiger partial charge is 0.398 e. The Morgan fingerprint density at radius 1 is 1.22 bits per heavy atom. The van der Waals surface area contributed by atoms with Crippen molar-refractivity contribution in [3.63, 3.8) is 0 Å². The van der Waals surface area contributed by atoms with Gasteiger partial charge in [0.25, 0.3) is 0 Å². The number of fused-ring (bicyclic) bond motifs is 1. The molecule has 0 saturated heterocycles. The minimum Gasteiger partial charge on any atom is -0.398 e. The Hall–Kier alpha value is -1.74. The van der Waals surface area contributed by atoms with Crippen molar-refractivity contribution in [3.8, 4) is 0 Å². The lowest BCUT2D eigenvalue weighted by Crippen LogP contribution is -2.31. The number of benzene rings is 1. The predicted octanol–water partition coefficient (Wildman–Crippen LogP) is 2.88. The van der Waals surface area contributed by atoms with E-state index in [1.807, 2.05) is 24.3 Å². The van der Waals surface area contributed by atoms with E-state index in [0.29, 0.717) is 5.02 Å². The number of anilines is 2. The summed E-state index contributed by atoms with van der Waals surface area (Å²) in [6, 6.07) is 9.94. The molecule has 2 aromatic rings. The van der Waals surface area contributed by atoms with E-state index < -0.39 is 0 Å². The summed E-state index contributed by atoms with van der Waals surface area (Å²) in [5, 5.41) is 0.667. The zero-order chi connectivity index (χ0) is 12.5. The van der Waals surface area contributed by atoms with Crippen LogP contribution < -0.4 is 10.6 Å². The molecule has 92 valence electrons. The van der Waals surface area contributed by atoms with Gasteiger partial charge in [-0.15, -0.1) is 0 Å². The van der Waals surface area contributed by atoms with Crippen LogP contribution >= 0.6 is 11.6 Å². The lowest BCUT2D eigenvalue weighted by molar-refractivity contribution is 0.722. The SMILES string of the molecule is Nc1cccc2c1CCN(c1ccc(Cl)cn1)C2. The average molecular weight is 260 g/mol. The van der Waals surface area contributed by atoms with Crippen molar-refractivity contribution in [2.45, 2.75) is 13.0 Å². The molecule has 1 aromatic heterocycles. The molecule has 0 bridgehead atoms. The quantitative estimate of drug-likeness (QED) is 0.801. The summed E-state index contributed by atoms with van der Waals surface area (Å²) in [7, 11) is 0. The van der Waals surface area contributed by atoms with Crippen molar-refractivity contribution in [2.75, 3.05) is 17.2 Å². The minimum absolute atomic E-state index is 0.667. The van der Waals surface area contributed by atoms with Gasteiger partial charge in [0.15, 0.2) is 0 Å². The monoisotopic (exact) mass is 259 g/mol. The normalized spacial score (nSPS) is 14.4. The maximum Gasteiger partial charge on any atom is 0.128 e. The van der Waals surface area contributed by atoms with E-state index in [4.69, 9.17) is 17.3 Å². The molecule has 2 N–H and O–H groups in total. The zero-order valence-corrected chi connectivity index (χ0v) is 10.7. The van der Waals surface area contributed by atoms with Gasteiger partial charge in [0.05, 0.1) is 5.02 Å². The first-order valence-corrected chi connectivity index (χ1v) is 6.34. The van der Waals surface area contributed by atoms with Gasteiger partial charge in [0.2, 0.25) is 0 Å². The molecule has 0 spiro atoms. The fourth-order valence-corrected chi connectivity index (χ4v) is 2.50. The minimum atomic E-state index is 0.667. The van der Waals surface area contributed by atoms with Crippen LogP contribution in [-0.2, 0) is 13.0 Å². The van der Waals surface area contributed by atoms with Gasteiger partial charge in [-0.05, 0) is 35.7 Å². The third-order valence-electron chi connectivity index (χ3n) is 3.34. The summed E-state index contributed by atoms with van der Waals surface area (Å²) >= 11 is 5.85. The van der Waals surface area contributed by atoms with Gasteiger partial charge < -0.3 is 10.6 Å². The molecule has 18 heavy (non-hydrogen) atoms. The Kier molecular flexibility index (Phi) is 2.84. The van der Waals surface area contributed by atoms with Crippen molar-refractivity contribution < 1.29 is 0 Å². The van der Waals surface area contributed by atoms with E-state index in [2.05, 4.69) is 16.0 Å². The third kappa shape index (κ3) is 2.02. The second-order valence-corrected chi connectivity index (χ2v) is 4.93. The first kappa shape index (κ1) is 11.4. The number of nitrogens with two attached hydrogens (primary N) is 1. The van der Waals surface area contributed by atoms with E-state index >= 15 is 0 Å². The van der Waals surface area contributed by atoms with Crippen LogP contribution in [0.5, 0.6) is 0 Å². The van der Waals surface area contributed by atoms with Gasteiger partial charge >= 0.3 is 0 Å². The zero-order valence-electron chi connectivity index (χ0n) is 9.94. The number of nitrogens with zero attached hydrogens (tertiary/aromatic N) is 2. The highest BCUT2D eigenvalue weighted by molar-refractivity contribution is 6.30. The van der Waals surface area contributed by atoms with E-state index in [1.54, 1.807) is 6.20 Å². The van der Waals surface area contributed by atoms with E-state index in [1.165, 1.54) is 11.1 Å². The van der Waals surface area contributed by atoms with Gasteiger partial charge in [-0.25, -0.2) is 4.98 Å². The second kappa shape index (κ2) is 4.50. The molecule has 1 aromatic carbocycles. The van der Waals surface area contributed by atoms with Crippen molar-refractivity contribution in [3.05, 3.63) is 52.7 Å². The van der Waals surface area contributed by atoms with Gasteiger partial charge in [-0.3, -0.25) is 0 Å². The van der Waals surface area contributed by atoms with Crippen LogP contribution in [-0.4, -0.2) is 11.5 Å². The summed E-state index contributed by atoms with van der Waals surface area (Å²) in [4.78, 5) is 6.61. The van der Waals surface area contributed by atoms with Crippen molar-refractivity contribution >= 4 is 23.1 Å². The van der Waals surface area contributed by atoms with Crippen LogP contribution in [0.2, 0.25) is 5.02 Å². The molecule has 0 fully saturated rings. The standard InChI is InChI=1S/C14H14ClN3/c15-11-4-5-14(17-8-11)18-7-6-12-10(9-18)2-1-3-13(12)16/h1-5,8H,6-7,9,16H2. The van der Waals surface area contributed by atoms with Gasteiger partial charge in [-0.1, -0.05) is 23.7 Å². The van der Waals surface area contributed by atoms with Crippen molar-refractivity contribution in [1.29, 1.82) is 0 Å². The summed E-state index contributed by atoms with van der Waals surface area (Å²) in [5.41, 5.74) is 9.46. The molecule has 1 aliphatic rings. The fraction of sp³-hybridized carbons (Fsp3) is 0.214. The number of aromatic nitrogens is 1. The smallest absolute Gasteiger partial charge is 0.128 e. The van der Waals surface area contributed by atoms with Crippen LogP contribution in [0.4, 0.5) is 11.5 Å². The second-order valence-electron chi connectivity index (χ2n) is 4.49. The van der Waals surface area contributed by atoms with Crippen LogP contribution in [0.3, 0.4) is 0 Å². The molecule has 0 unspecified atom stereocenters. The Bertz CT molecular complexity index is 566. The lowest BCUT2D eigenvalue weighted by atomic mass is 9.98. The molecule has 0 aliphatic carbocycles. The fourth-order valence-electron chi connectivity index (χ4n) is 2.39. The number of hydrogen-bond donors (Lipinski definition) is 1. The number of pyridine rings is 1. The molecule has 3 nitrogen and oxygen atoms in total. The Labute approximate surface area is 111 Å². The predicted molar refractivity (Wildman–Crippen MR) is 74.9 cm³/mol. The summed E-state index contributed by atoms with van der Waals surface area (Å²) in [5.74, 6) is 0.965. The molecule has 0 radical (unpaired) electrons. The topological polar surface area (TPSA) is 42.1 Å². The molecule has 2 heterocycles. The van der Waals surface area contributed by atoms with Gasteiger partial charge in [0, 0.05) is 25.0 Å². The van der Waals surface area contributed by atoms with Gasteiger partial charge in [0.1, 0.15) is 5.82 Å². The molecule has 1 aliphatic heterocycles. The highest BCUT2D eigenvalue weighted by Crippen LogP contribution is 2.27. The van der Waals surface area contributed by atoms with E-state index in [9.17, 15) is 0 Å². The summed E-state index contributed by atoms with van der Waals surface area (Å²) < 4.78 is 0.